The first-order valence-corrected chi connectivity index (χ1v) is 4.60. The van der Waals surface area contributed by atoms with Gasteiger partial charge in [-0.15, -0.1) is 0 Å². The fourth-order valence-corrected chi connectivity index (χ4v) is 1.97. The molecule has 0 amide bonds. The summed E-state index contributed by atoms with van der Waals surface area (Å²) in [5, 5.41) is 12.1. The smallest absolute Gasteiger partial charge is 0.308 e. The second kappa shape index (κ2) is 3.42. The van der Waals surface area contributed by atoms with Crippen molar-refractivity contribution >= 4 is 5.97 Å². The van der Waals surface area contributed by atoms with Crippen LogP contribution in [0, 0.1) is 5.92 Å². The summed E-state index contributed by atoms with van der Waals surface area (Å²) in [6.07, 6.45) is 3.44. The van der Waals surface area contributed by atoms with Gasteiger partial charge in [0.1, 0.15) is 0 Å². The topological polar surface area (TPSA) is 67.2 Å². The third-order valence-electron chi connectivity index (χ3n) is 2.77. The number of hydrogen-bond acceptors (Lipinski definition) is 3. The second-order valence-corrected chi connectivity index (χ2v) is 3.64. The molecule has 1 aromatic heterocycles. The maximum absolute atomic E-state index is 10.9. The highest BCUT2D eigenvalue weighted by Crippen LogP contribution is 2.27. The molecule has 0 saturated carbocycles. The fourth-order valence-electron chi connectivity index (χ4n) is 1.97. The van der Waals surface area contributed by atoms with E-state index >= 15 is 0 Å². The summed E-state index contributed by atoms with van der Waals surface area (Å²) < 4.78 is 1.88. The normalized spacial score (nSPS) is 26.6. The van der Waals surface area contributed by atoms with Gasteiger partial charge in [-0.05, 0) is 0 Å². The molecule has 2 heterocycles. The minimum Gasteiger partial charge on any atom is -0.481 e. The highest BCUT2D eigenvalue weighted by Gasteiger charge is 2.35. The number of imidazole rings is 1. The number of hydrogen-bond donors (Lipinski definition) is 2. The van der Waals surface area contributed by atoms with Crippen LogP contribution in [0.2, 0.25) is 0 Å². The van der Waals surface area contributed by atoms with Crippen LogP contribution in [0.3, 0.4) is 0 Å². The lowest BCUT2D eigenvalue weighted by molar-refractivity contribution is -0.141. The van der Waals surface area contributed by atoms with E-state index in [4.69, 9.17) is 5.11 Å². The van der Waals surface area contributed by atoms with E-state index < -0.39 is 5.97 Å². The summed E-state index contributed by atoms with van der Waals surface area (Å²) in [5.74, 6) is -1.02. The molecule has 2 N–H and O–H groups in total. The van der Waals surface area contributed by atoms with E-state index in [0.29, 0.717) is 6.54 Å². The average molecular weight is 195 g/mol. The Bertz CT molecular complexity index is 348. The van der Waals surface area contributed by atoms with E-state index in [0.717, 1.165) is 12.2 Å². The number of carbonyl (C=O) groups is 1. The summed E-state index contributed by atoms with van der Waals surface area (Å²) >= 11 is 0. The van der Waals surface area contributed by atoms with Gasteiger partial charge in [0.15, 0.2) is 0 Å². The maximum atomic E-state index is 10.9. The summed E-state index contributed by atoms with van der Waals surface area (Å²) in [6.45, 7) is 1.27. The van der Waals surface area contributed by atoms with Gasteiger partial charge >= 0.3 is 5.97 Å². The minimum atomic E-state index is -0.735. The molecule has 0 unspecified atom stereocenters. The second-order valence-electron chi connectivity index (χ2n) is 3.64. The Kier molecular flexibility index (Phi) is 2.25. The number of nitrogens with one attached hydrogen (secondary N) is 1. The summed E-state index contributed by atoms with van der Waals surface area (Å²) in [6, 6.07) is 0. The highest BCUT2D eigenvalue weighted by atomic mass is 16.4. The van der Waals surface area contributed by atoms with E-state index in [1.807, 2.05) is 11.6 Å². The van der Waals surface area contributed by atoms with Crippen LogP contribution in [0.5, 0.6) is 0 Å². The molecule has 1 aliphatic rings. The fraction of sp³-hybridized carbons (Fsp3) is 0.556. The monoisotopic (exact) mass is 195 g/mol. The standard InChI is InChI=1S/C9H13N3O2/c1-12-5-11-4-8(12)6-2-10-3-7(6)9(13)14/h4-7,10H,2-3H2,1H3,(H,13,14)/t6-,7-/m1/s1. The number of aryl methyl sites for hydroxylation is 1. The SMILES string of the molecule is Cn1cncc1[C@@H]1CNC[C@H]1C(=O)O. The molecule has 5 heteroatoms. The zero-order valence-electron chi connectivity index (χ0n) is 7.97. The molecule has 0 radical (unpaired) electrons. The highest BCUT2D eigenvalue weighted by molar-refractivity contribution is 5.72. The lowest BCUT2D eigenvalue weighted by atomic mass is 9.93. The number of aromatic nitrogens is 2. The Morgan fingerprint density at radius 1 is 1.71 bits per heavy atom. The van der Waals surface area contributed by atoms with Crippen LogP contribution in [-0.4, -0.2) is 33.7 Å². The summed E-state index contributed by atoms with van der Waals surface area (Å²) in [4.78, 5) is 15.0. The number of carboxylic acid groups (broad SMARTS) is 1. The molecule has 0 aromatic carbocycles. The Hall–Kier alpha value is -1.36. The van der Waals surface area contributed by atoms with Crippen LogP contribution in [0.1, 0.15) is 11.6 Å². The maximum Gasteiger partial charge on any atom is 0.308 e. The van der Waals surface area contributed by atoms with E-state index in [1.165, 1.54) is 0 Å². The van der Waals surface area contributed by atoms with Crippen molar-refractivity contribution in [1.29, 1.82) is 0 Å². The van der Waals surface area contributed by atoms with Gasteiger partial charge in [0.2, 0.25) is 0 Å². The van der Waals surface area contributed by atoms with Gasteiger partial charge in [0.25, 0.3) is 0 Å². The number of aliphatic carboxylic acids is 1. The number of rotatable bonds is 2. The predicted molar refractivity (Wildman–Crippen MR) is 49.9 cm³/mol. The largest absolute Gasteiger partial charge is 0.481 e. The Morgan fingerprint density at radius 3 is 3.07 bits per heavy atom. The first-order chi connectivity index (χ1) is 6.70. The van der Waals surface area contributed by atoms with E-state index in [1.54, 1.807) is 12.5 Å². The Morgan fingerprint density at radius 2 is 2.50 bits per heavy atom. The minimum absolute atomic E-state index is 0.0417. The van der Waals surface area contributed by atoms with Gasteiger partial charge < -0.3 is 15.0 Å². The molecule has 0 bridgehead atoms. The molecule has 2 atom stereocenters. The van der Waals surface area contributed by atoms with E-state index in [9.17, 15) is 4.79 Å². The predicted octanol–water partition coefficient (Wildman–Crippen LogP) is -0.192. The first kappa shape index (κ1) is 9.21. The molecule has 76 valence electrons. The molecule has 1 fully saturated rings. The molecule has 2 rings (SSSR count). The molecule has 0 spiro atoms. The zero-order chi connectivity index (χ0) is 10.1. The Balaban J connectivity index is 2.26. The first-order valence-electron chi connectivity index (χ1n) is 4.60. The lowest BCUT2D eigenvalue weighted by Gasteiger charge is -2.14. The van der Waals surface area contributed by atoms with Crippen LogP contribution in [0.15, 0.2) is 12.5 Å². The van der Waals surface area contributed by atoms with Crippen molar-refractivity contribution in [1.82, 2.24) is 14.9 Å². The van der Waals surface area contributed by atoms with Crippen molar-refractivity contribution in [2.75, 3.05) is 13.1 Å². The van der Waals surface area contributed by atoms with Crippen molar-refractivity contribution < 1.29 is 9.90 Å². The van der Waals surface area contributed by atoms with Gasteiger partial charge in [0, 0.05) is 37.9 Å². The van der Waals surface area contributed by atoms with E-state index in [-0.39, 0.29) is 11.8 Å². The summed E-state index contributed by atoms with van der Waals surface area (Å²) in [7, 11) is 1.89. The molecule has 14 heavy (non-hydrogen) atoms. The van der Waals surface area contributed by atoms with Crippen molar-refractivity contribution in [3.05, 3.63) is 18.2 Å². The van der Waals surface area contributed by atoms with Crippen LogP contribution < -0.4 is 5.32 Å². The molecular formula is C9H13N3O2. The molecule has 0 aliphatic carbocycles. The van der Waals surface area contributed by atoms with Crippen LogP contribution in [0.25, 0.3) is 0 Å². The number of nitrogens with zero attached hydrogens (tertiary/aromatic N) is 2. The van der Waals surface area contributed by atoms with Gasteiger partial charge in [-0.25, -0.2) is 4.98 Å². The lowest BCUT2D eigenvalue weighted by Crippen LogP contribution is -2.22. The molecule has 1 aromatic rings. The van der Waals surface area contributed by atoms with Gasteiger partial charge in [0.05, 0.1) is 12.2 Å². The quantitative estimate of drug-likeness (QED) is 0.686. The van der Waals surface area contributed by atoms with Gasteiger partial charge in [-0.3, -0.25) is 4.79 Å². The van der Waals surface area contributed by atoms with Gasteiger partial charge in [-0.1, -0.05) is 0 Å². The molecule has 5 nitrogen and oxygen atoms in total. The number of carboxylic acids is 1. The van der Waals surface area contributed by atoms with Crippen molar-refractivity contribution in [3.63, 3.8) is 0 Å². The van der Waals surface area contributed by atoms with Crippen molar-refractivity contribution in [2.24, 2.45) is 13.0 Å². The average Bonchev–Trinajstić information content (AvgIpc) is 2.70. The van der Waals surface area contributed by atoms with Crippen LogP contribution in [-0.2, 0) is 11.8 Å². The van der Waals surface area contributed by atoms with Crippen LogP contribution >= 0.6 is 0 Å². The van der Waals surface area contributed by atoms with Crippen molar-refractivity contribution in [2.45, 2.75) is 5.92 Å². The third-order valence-corrected chi connectivity index (χ3v) is 2.77. The van der Waals surface area contributed by atoms with Crippen molar-refractivity contribution in [3.8, 4) is 0 Å². The third kappa shape index (κ3) is 1.39. The Labute approximate surface area is 81.8 Å². The summed E-state index contributed by atoms with van der Waals surface area (Å²) in [5.41, 5.74) is 0.988. The van der Waals surface area contributed by atoms with Gasteiger partial charge in [-0.2, -0.15) is 0 Å². The van der Waals surface area contributed by atoms with E-state index in [2.05, 4.69) is 10.3 Å². The molecular weight excluding hydrogens is 182 g/mol. The zero-order valence-corrected chi connectivity index (χ0v) is 7.97. The van der Waals surface area contributed by atoms with Crippen LogP contribution in [0.4, 0.5) is 0 Å². The molecule has 1 aliphatic heterocycles. The molecule has 1 saturated heterocycles.